The number of piperazine rings is 1. The van der Waals surface area contributed by atoms with Crippen LogP contribution in [0.5, 0.6) is 0 Å². The first kappa shape index (κ1) is 22.3. The van der Waals surface area contributed by atoms with Crippen molar-refractivity contribution in [3.8, 4) is 0 Å². The number of nitrogens with one attached hydrogen (secondary N) is 2. The SMILES string of the molecule is CN=C(NCCNC(=O)C(C)C)N1CCN(C(=O)c2ccco2)CC1.I. The molecule has 26 heavy (non-hydrogen) atoms. The number of hydrogen-bond acceptors (Lipinski definition) is 4. The van der Waals surface area contributed by atoms with Gasteiger partial charge in [0, 0.05) is 52.2 Å². The molecule has 0 spiro atoms. The molecular weight excluding hydrogens is 449 g/mol. The van der Waals surface area contributed by atoms with E-state index in [2.05, 4.69) is 20.5 Å². The van der Waals surface area contributed by atoms with Crippen molar-refractivity contribution >= 4 is 41.8 Å². The fourth-order valence-corrected chi connectivity index (χ4v) is 2.57. The Balaban J connectivity index is 0.00000338. The standard InChI is InChI=1S/C17H27N5O3.HI/c1-13(2)15(23)19-6-7-20-17(18-3)22-10-8-21(9-11-22)16(24)14-5-4-12-25-14;/h4-5,12-13H,6-11H2,1-3H3,(H,18,20)(H,19,23);1H. The Bertz CT molecular complexity index is 596. The molecule has 1 aliphatic rings. The molecule has 2 heterocycles. The van der Waals surface area contributed by atoms with Gasteiger partial charge in [0.2, 0.25) is 5.91 Å². The Morgan fingerprint density at radius 3 is 2.31 bits per heavy atom. The summed E-state index contributed by atoms with van der Waals surface area (Å²) in [5.74, 6) is 1.10. The van der Waals surface area contributed by atoms with Crippen LogP contribution in [0.15, 0.2) is 27.8 Å². The van der Waals surface area contributed by atoms with Crippen LogP contribution in [-0.2, 0) is 4.79 Å². The van der Waals surface area contributed by atoms with E-state index >= 15 is 0 Å². The Kier molecular flexibility index (Phi) is 9.46. The summed E-state index contributed by atoms with van der Waals surface area (Å²) in [6.45, 7) is 7.52. The van der Waals surface area contributed by atoms with E-state index in [0.29, 0.717) is 45.0 Å². The van der Waals surface area contributed by atoms with Gasteiger partial charge in [-0.25, -0.2) is 0 Å². The third-order valence-corrected chi connectivity index (χ3v) is 4.04. The van der Waals surface area contributed by atoms with Gasteiger partial charge < -0.3 is 24.9 Å². The predicted molar refractivity (Wildman–Crippen MR) is 111 cm³/mol. The lowest BCUT2D eigenvalue weighted by Crippen LogP contribution is -2.54. The van der Waals surface area contributed by atoms with Crippen LogP contribution >= 0.6 is 24.0 Å². The number of rotatable bonds is 5. The topological polar surface area (TPSA) is 90.2 Å². The molecule has 1 aromatic heterocycles. The summed E-state index contributed by atoms with van der Waals surface area (Å²) in [5.41, 5.74) is 0. The molecule has 8 nitrogen and oxygen atoms in total. The molecule has 1 aromatic rings. The largest absolute Gasteiger partial charge is 0.459 e. The Morgan fingerprint density at radius 2 is 1.77 bits per heavy atom. The zero-order chi connectivity index (χ0) is 18.2. The summed E-state index contributed by atoms with van der Waals surface area (Å²) >= 11 is 0. The monoisotopic (exact) mass is 477 g/mol. The van der Waals surface area contributed by atoms with E-state index in [-0.39, 0.29) is 41.7 Å². The zero-order valence-corrected chi connectivity index (χ0v) is 17.9. The highest BCUT2D eigenvalue weighted by Gasteiger charge is 2.25. The molecule has 1 aliphatic heterocycles. The lowest BCUT2D eigenvalue weighted by molar-refractivity contribution is -0.123. The molecule has 2 N–H and O–H groups in total. The number of aliphatic imine (C=N–C) groups is 1. The second-order valence-electron chi connectivity index (χ2n) is 6.18. The molecule has 0 saturated carbocycles. The van der Waals surface area contributed by atoms with Crippen LogP contribution in [0, 0.1) is 5.92 Å². The smallest absolute Gasteiger partial charge is 0.289 e. The van der Waals surface area contributed by atoms with Crippen molar-refractivity contribution in [3.05, 3.63) is 24.2 Å². The molecule has 0 aliphatic carbocycles. The number of carbonyl (C=O) groups excluding carboxylic acids is 2. The van der Waals surface area contributed by atoms with Gasteiger partial charge in [-0.05, 0) is 12.1 Å². The summed E-state index contributed by atoms with van der Waals surface area (Å²) in [6, 6.07) is 3.40. The fourth-order valence-electron chi connectivity index (χ4n) is 2.57. The Morgan fingerprint density at radius 1 is 1.15 bits per heavy atom. The minimum absolute atomic E-state index is 0. The lowest BCUT2D eigenvalue weighted by Gasteiger charge is -2.36. The van der Waals surface area contributed by atoms with Gasteiger partial charge in [-0.1, -0.05) is 13.8 Å². The molecule has 1 saturated heterocycles. The number of guanidine groups is 1. The third kappa shape index (κ3) is 6.19. The maximum absolute atomic E-state index is 12.3. The summed E-state index contributed by atoms with van der Waals surface area (Å²) in [7, 11) is 1.73. The molecule has 0 atom stereocenters. The third-order valence-electron chi connectivity index (χ3n) is 4.04. The Labute approximate surface area is 171 Å². The van der Waals surface area contributed by atoms with Crippen molar-refractivity contribution in [3.63, 3.8) is 0 Å². The molecule has 0 radical (unpaired) electrons. The van der Waals surface area contributed by atoms with Gasteiger partial charge in [0.05, 0.1) is 6.26 Å². The zero-order valence-electron chi connectivity index (χ0n) is 15.5. The second kappa shape index (κ2) is 11.0. The van der Waals surface area contributed by atoms with E-state index in [1.54, 1.807) is 24.1 Å². The fraction of sp³-hybridized carbons (Fsp3) is 0.588. The Hall–Kier alpha value is -1.78. The maximum atomic E-state index is 12.3. The molecule has 2 rings (SSSR count). The van der Waals surface area contributed by atoms with Crippen LogP contribution in [-0.4, -0.2) is 73.9 Å². The first-order valence-corrected chi connectivity index (χ1v) is 8.59. The van der Waals surface area contributed by atoms with Gasteiger partial charge in [0.25, 0.3) is 5.91 Å². The predicted octanol–water partition coefficient (Wildman–Crippen LogP) is 1.00. The van der Waals surface area contributed by atoms with Crippen molar-refractivity contribution in [1.29, 1.82) is 0 Å². The number of amides is 2. The molecule has 1 fully saturated rings. The highest BCUT2D eigenvalue weighted by atomic mass is 127. The lowest BCUT2D eigenvalue weighted by atomic mass is 10.2. The van der Waals surface area contributed by atoms with Crippen LogP contribution in [0.1, 0.15) is 24.4 Å². The van der Waals surface area contributed by atoms with Crippen LogP contribution in [0.4, 0.5) is 0 Å². The van der Waals surface area contributed by atoms with Crippen molar-refractivity contribution in [2.75, 3.05) is 46.3 Å². The van der Waals surface area contributed by atoms with Gasteiger partial charge in [0.1, 0.15) is 0 Å². The normalized spacial score (nSPS) is 14.8. The summed E-state index contributed by atoms with van der Waals surface area (Å²) in [5, 5.41) is 6.11. The van der Waals surface area contributed by atoms with Crippen molar-refractivity contribution < 1.29 is 14.0 Å². The average Bonchev–Trinajstić information content (AvgIpc) is 3.16. The molecule has 146 valence electrons. The van der Waals surface area contributed by atoms with E-state index in [9.17, 15) is 9.59 Å². The first-order chi connectivity index (χ1) is 12.0. The summed E-state index contributed by atoms with van der Waals surface area (Å²) in [4.78, 5) is 32.0. The van der Waals surface area contributed by atoms with Gasteiger partial charge >= 0.3 is 0 Å². The average molecular weight is 477 g/mol. The van der Waals surface area contributed by atoms with E-state index in [4.69, 9.17) is 4.42 Å². The highest BCUT2D eigenvalue weighted by Crippen LogP contribution is 2.09. The van der Waals surface area contributed by atoms with Crippen LogP contribution < -0.4 is 10.6 Å². The van der Waals surface area contributed by atoms with Crippen LogP contribution in [0.2, 0.25) is 0 Å². The van der Waals surface area contributed by atoms with Crippen LogP contribution in [0.3, 0.4) is 0 Å². The summed E-state index contributed by atoms with van der Waals surface area (Å²) in [6.07, 6.45) is 1.51. The molecular formula is C17H28IN5O3. The quantitative estimate of drug-likeness (QED) is 0.286. The number of hydrogen-bond donors (Lipinski definition) is 2. The number of halogens is 1. The van der Waals surface area contributed by atoms with Crippen LogP contribution in [0.25, 0.3) is 0 Å². The highest BCUT2D eigenvalue weighted by molar-refractivity contribution is 14.0. The maximum Gasteiger partial charge on any atom is 0.289 e. The van der Waals surface area contributed by atoms with Gasteiger partial charge in [0.15, 0.2) is 11.7 Å². The molecule has 2 amide bonds. The molecule has 9 heteroatoms. The van der Waals surface area contributed by atoms with Gasteiger partial charge in [-0.2, -0.15) is 0 Å². The van der Waals surface area contributed by atoms with Gasteiger partial charge in [-0.3, -0.25) is 14.6 Å². The molecule has 0 unspecified atom stereocenters. The minimum Gasteiger partial charge on any atom is -0.459 e. The van der Waals surface area contributed by atoms with Crippen molar-refractivity contribution in [1.82, 2.24) is 20.4 Å². The number of nitrogens with zero attached hydrogens (tertiary/aromatic N) is 3. The van der Waals surface area contributed by atoms with E-state index in [0.717, 1.165) is 5.96 Å². The number of furan rings is 1. The first-order valence-electron chi connectivity index (χ1n) is 8.59. The number of carbonyl (C=O) groups is 2. The molecule has 0 bridgehead atoms. The molecule has 0 aromatic carbocycles. The van der Waals surface area contributed by atoms with E-state index in [1.165, 1.54) is 6.26 Å². The summed E-state index contributed by atoms with van der Waals surface area (Å²) < 4.78 is 5.17. The van der Waals surface area contributed by atoms with Crippen molar-refractivity contribution in [2.24, 2.45) is 10.9 Å². The van der Waals surface area contributed by atoms with Crippen molar-refractivity contribution in [2.45, 2.75) is 13.8 Å². The second-order valence-corrected chi connectivity index (χ2v) is 6.18. The van der Waals surface area contributed by atoms with Gasteiger partial charge in [-0.15, -0.1) is 24.0 Å². The van der Waals surface area contributed by atoms with E-state index < -0.39 is 0 Å². The minimum atomic E-state index is -0.0796. The van der Waals surface area contributed by atoms with E-state index in [1.807, 2.05) is 13.8 Å².